The quantitative estimate of drug-likeness (QED) is 0.780. The van der Waals surface area contributed by atoms with Crippen LogP contribution in [0.1, 0.15) is 31.5 Å². The van der Waals surface area contributed by atoms with Gasteiger partial charge in [0.2, 0.25) is 0 Å². The van der Waals surface area contributed by atoms with E-state index in [1.54, 1.807) is 9.80 Å². The second-order valence-electron chi connectivity index (χ2n) is 6.73. The average molecular weight is 379 g/mol. The molecule has 1 atom stereocenters. The van der Waals surface area contributed by atoms with Crippen molar-refractivity contribution < 1.29 is 14.7 Å². The van der Waals surface area contributed by atoms with E-state index in [2.05, 4.69) is 16.9 Å². The number of aliphatic carboxylic acids is 1. The van der Waals surface area contributed by atoms with Crippen LogP contribution in [0.2, 0.25) is 0 Å². The van der Waals surface area contributed by atoms with Crippen LogP contribution in [-0.4, -0.2) is 56.9 Å². The molecule has 0 radical (unpaired) electrons. The van der Waals surface area contributed by atoms with Crippen molar-refractivity contribution >= 4 is 29.7 Å². The molecular weight excluding hydrogens is 358 g/mol. The molecule has 1 unspecified atom stereocenters. The largest absolute Gasteiger partial charge is 0.478 e. The number of amides is 2. The lowest BCUT2D eigenvalue weighted by molar-refractivity contribution is -0.131. The zero-order chi connectivity index (χ0) is 19.8. The van der Waals surface area contributed by atoms with E-state index in [1.807, 2.05) is 31.2 Å². The van der Waals surface area contributed by atoms with Crippen molar-refractivity contribution in [2.45, 2.75) is 26.3 Å². The summed E-state index contributed by atoms with van der Waals surface area (Å²) in [7, 11) is 0. The average Bonchev–Trinajstić information content (AvgIpc) is 3.32. The van der Waals surface area contributed by atoms with Gasteiger partial charge in [0.1, 0.15) is 11.5 Å². The summed E-state index contributed by atoms with van der Waals surface area (Å²) in [4.78, 5) is 39.6. The summed E-state index contributed by atoms with van der Waals surface area (Å²) in [5.74, 6) is 0.925. The standard InChI is InChI=1S/C20H21N5O3/c1-3-14-11-25-18(21-14)16-19(24(4-2)20(25)28)23-17(22-16)13-8-5-12(6-9-13)7-10-15(26)27/h5-10,14H,3-4,11H2,1-2H3,(H,22,23)(H,26,27)/b10-7+. The zero-order valence-electron chi connectivity index (χ0n) is 15.7. The van der Waals surface area contributed by atoms with Gasteiger partial charge in [-0.3, -0.25) is 14.8 Å². The Morgan fingerprint density at radius 3 is 2.71 bits per heavy atom. The number of aromatic amines is 1. The van der Waals surface area contributed by atoms with Gasteiger partial charge >= 0.3 is 12.0 Å². The SMILES string of the molecule is CCC1CN2C(=O)N(CC)c3nc(-c4ccc(/C=C/C(=O)O)cc4)[nH]c3C2=N1. The number of rotatable bonds is 5. The number of H-pyrrole nitrogens is 1. The minimum atomic E-state index is -0.987. The maximum absolute atomic E-state index is 12.8. The summed E-state index contributed by atoms with van der Waals surface area (Å²) in [5, 5.41) is 8.73. The fourth-order valence-electron chi connectivity index (χ4n) is 3.46. The second-order valence-corrected chi connectivity index (χ2v) is 6.73. The molecule has 0 saturated carbocycles. The number of benzene rings is 1. The molecule has 0 aliphatic carbocycles. The number of aliphatic imine (C=N–C) groups is 1. The lowest BCUT2D eigenvalue weighted by Crippen LogP contribution is -2.50. The van der Waals surface area contributed by atoms with Crippen molar-refractivity contribution in [1.82, 2.24) is 14.9 Å². The van der Waals surface area contributed by atoms with Crippen LogP contribution < -0.4 is 4.90 Å². The number of anilines is 1. The van der Waals surface area contributed by atoms with Crippen molar-refractivity contribution in [2.75, 3.05) is 18.0 Å². The van der Waals surface area contributed by atoms with Crippen LogP contribution in [0.25, 0.3) is 17.5 Å². The summed E-state index contributed by atoms with van der Waals surface area (Å²) >= 11 is 0. The molecule has 1 aromatic heterocycles. The van der Waals surface area contributed by atoms with E-state index in [1.165, 1.54) is 6.08 Å². The summed E-state index contributed by atoms with van der Waals surface area (Å²) in [6.45, 7) is 5.11. The molecule has 8 heteroatoms. The van der Waals surface area contributed by atoms with Crippen LogP contribution in [-0.2, 0) is 4.79 Å². The predicted molar refractivity (Wildman–Crippen MR) is 106 cm³/mol. The number of carbonyl (C=O) groups excluding carboxylic acids is 1. The molecule has 2 aliphatic heterocycles. The van der Waals surface area contributed by atoms with E-state index in [-0.39, 0.29) is 12.1 Å². The summed E-state index contributed by atoms with van der Waals surface area (Å²) < 4.78 is 0. The van der Waals surface area contributed by atoms with E-state index in [0.717, 1.165) is 29.3 Å². The van der Waals surface area contributed by atoms with Gasteiger partial charge in [0.15, 0.2) is 11.7 Å². The summed E-state index contributed by atoms with van der Waals surface area (Å²) in [6.07, 6.45) is 3.51. The van der Waals surface area contributed by atoms with Gasteiger partial charge in [0.05, 0.1) is 12.6 Å². The first-order chi connectivity index (χ1) is 13.5. The number of nitrogens with zero attached hydrogens (tertiary/aromatic N) is 4. The molecule has 2 aromatic rings. The summed E-state index contributed by atoms with van der Waals surface area (Å²) in [5.41, 5.74) is 2.40. The number of carboxylic acid groups (broad SMARTS) is 1. The lowest BCUT2D eigenvalue weighted by atomic mass is 10.1. The molecule has 3 heterocycles. The third kappa shape index (κ3) is 2.96. The van der Waals surface area contributed by atoms with Gasteiger partial charge in [-0.2, -0.15) is 0 Å². The summed E-state index contributed by atoms with van der Waals surface area (Å²) in [6, 6.07) is 7.41. The number of aromatic nitrogens is 2. The van der Waals surface area contributed by atoms with E-state index < -0.39 is 5.97 Å². The molecule has 8 nitrogen and oxygen atoms in total. The molecule has 0 saturated heterocycles. The molecule has 0 bridgehead atoms. The number of hydrogen-bond acceptors (Lipinski definition) is 4. The topological polar surface area (TPSA) is 102 Å². The van der Waals surface area contributed by atoms with Gasteiger partial charge in [-0.1, -0.05) is 31.2 Å². The Balaban J connectivity index is 1.72. The number of fused-ring (bicyclic) bond motifs is 3. The van der Waals surface area contributed by atoms with Gasteiger partial charge in [-0.05, 0) is 25.0 Å². The number of carbonyl (C=O) groups is 2. The first-order valence-corrected chi connectivity index (χ1v) is 9.30. The Kier molecular flexibility index (Phi) is 4.46. The first-order valence-electron chi connectivity index (χ1n) is 9.30. The van der Waals surface area contributed by atoms with Crippen LogP contribution in [0.4, 0.5) is 10.6 Å². The van der Waals surface area contributed by atoms with Crippen LogP contribution in [0, 0.1) is 0 Å². The Labute approximate surface area is 162 Å². The van der Waals surface area contributed by atoms with Gasteiger partial charge in [0.25, 0.3) is 0 Å². The van der Waals surface area contributed by atoms with Gasteiger partial charge in [-0.15, -0.1) is 0 Å². The number of imidazole rings is 1. The van der Waals surface area contributed by atoms with Crippen LogP contribution in [0.3, 0.4) is 0 Å². The molecule has 28 heavy (non-hydrogen) atoms. The highest BCUT2D eigenvalue weighted by atomic mass is 16.4. The van der Waals surface area contributed by atoms with Crippen molar-refractivity contribution in [3.63, 3.8) is 0 Å². The minimum absolute atomic E-state index is 0.0862. The maximum atomic E-state index is 12.8. The number of nitrogens with one attached hydrogen (secondary N) is 1. The minimum Gasteiger partial charge on any atom is -0.478 e. The van der Waals surface area contributed by atoms with E-state index in [9.17, 15) is 9.59 Å². The van der Waals surface area contributed by atoms with Crippen LogP contribution in [0.5, 0.6) is 0 Å². The molecule has 4 rings (SSSR count). The van der Waals surface area contributed by atoms with Gasteiger partial charge in [-0.25, -0.2) is 14.6 Å². The third-order valence-electron chi connectivity index (χ3n) is 4.97. The third-order valence-corrected chi connectivity index (χ3v) is 4.97. The van der Waals surface area contributed by atoms with Crippen molar-refractivity contribution in [3.05, 3.63) is 41.6 Å². The normalized spacial score (nSPS) is 18.4. The fraction of sp³-hybridized carbons (Fsp3) is 0.300. The fourth-order valence-corrected chi connectivity index (χ4v) is 3.46. The number of hydrogen-bond donors (Lipinski definition) is 2. The number of amidine groups is 1. The molecule has 2 amide bonds. The van der Waals surface area contributed by atoms with Crippen molar-refractivity contribution in [3.8, 4) is 11.4 Å². The molecular formula is C20H21N5O3. The molecule has 1 aromatic carbocycles. The highest BCUT2D eigenvalue weighted by Crippen LogP contribution is 2.33. The molecule has 144 valence electrons. The molecule has 2 N–H and O–H groups in total. The Bertz CT molecular complexity index is 990. The first kappa shape index (κ1) is 18.0. The number of carboxylic acids is 1. The molecule has 0 fully saturated rings. The second kappa shape index (κ2) is 6.95. The van der Waals surface area contributed by atoms with E-state index in [0.29, 0.717) is 30.6 Å². The smallest absolute Gasteiger partial charge is 0.331 e. The maximum Gasteiger partial charge on any atom is 0.331 e. The van der Waals surface area contributed by atoms with Gasteiger partial charge in [0, 0.05) is 18.2 Å². The Hall–Kier alpha value is -3.42. The van der Waals surface area contributed by atoms with Crippen molar-refractivity contribution in [2.24, 2.45) is 4.99 Å². The highest BCUT2D eigenvalue weighted by molar-refractivity contribution is 6.18. The number of urea groups is 1. The van der Waals surface area contributed by atoms with Gasteiger partial charge < -0.3 is 10.1 Å². The van der Waals surface area contributed by atoms with Crippen LogP contribution >= 0.6 is 0 Å². The monoisotopic (exact) mass is 379 g/mol. The zero-order valence-corrected chi connectivity index (χ0v) is 15.7. The van der Waals surface area contributed by atoms with Crippen LogP contribution in [0.15, 0.2) is 35.3 Å². The van der Waals surface area contributed by atoms with Crippen molar-refractivity contribution in [1.29, 1.82) is 0 Å². The molecule has 0 spiro atoms. The molecule has 2 aliphatic rings. The van der Waals surface area contributed by atoms with E-state index in [4.69, 9.17) is 10.1 Å². The van der Waals surface area contributed by atoms with E-state index >= 15 is 0 Å². The predicted octanol–water partition coefficient (Wildman–Crippen LogP) is 2.98. The Morgan fingerprint density at radius 2 is 2.07 bits per heavy atom. The lowest BCUT2D eigenvalue weighted by Gasteiger charge is -2.31. The highest BCUT2D eigenvalue weighted by Gasteiger charge is 2.41. The Morgan fingerprint density at radius 1 is 1.32 bits per heavy atom.